The van der Waals surface area contributed by atoms with E-state index in [1.807, 2.05) is 0 Å². The zero-order valence-electron chi connectivity index (χ0n) is 17.5. The fraction of sp³-hybridized carbons (Fsp3) is 0.368. The van der Waals surface area contributed by atoms with Crippen molar-refractivity contribution in [2.24, 2.45) is 0 Å². The Morgan fingerprint density at radius 3 is 2.74 bits per heavy atom. The highest BCUT2D eigenvalue weighted by Gasteiger charge is 2.24. The predicted octanol–water partition coefficient (Wildman–Crippen LogP) is 3.42. The number of H-pyrrole nitrogens is 1. The quantitative estimate of drug-likeness (QED) is 0.400. The fourth-order valence-corrected chi connectivity index (χ4v) is 4.03. The van der Waals surface area contributed by atoms with E-state index in [1.54, 1.807) is 26.2 Å². The molecule has 0 spiro atoms. The van der Waals surface area contributed by atoms with E-state index in [0.29, 0.717) is 51.6 Å². The molecule has 0 fully saturated rings. The van der Waals surface area contributed by atoms with Gasteiger partial charge in [0, 0.05) is 41.1 Å². The van der Waals surface area contributed by atoms with E-state index < -0.39 is 5.97 Å². The van der Waals surface area contributed by atoms with Gasteiger partial charge in [-0.1, -0.05) is 5.16 Å². The second kappa shape index (κ2) is 10.9. The molecule has 0 unspecified atom stereocenters. The van der Waals surface area contributed by atoms with Crippen LogP contribution in [0.5, 0.6) is 11.5 Å². The molecule has 2 aromatic heterocycles. The van der Waals surface area contributed by atoms with Crippen molar-refractivity contribution in [2.45, 2.75) is 25.6 Å². The minimum Gasteiger partial charge on any atom is -0.507 e. The van der Waals surface area contributed by atoms with Crippen molar-refractivity contribution >= 4 is 36.1 Å². The Kier molecular flexibility index (Phi) is 8.57. The number of rotatable bonds is 9. The molecule has 10 nitrogen and oxygen atoms in total. The number of hydrogen-bond donors (Lipinski definition) is 3. The van der Waals surface area contributed by atoms with Crippen LogP contribution in [-0.2, 0) is 10.5 Å². The van der Waals surface area contributed by atoms with Gasteiger partial charge in [0.1, 0.15) is 17.5 Å². The van der Waals surface area contributed by atoms with Crippen LogP contribution < -0.4 is 10.1 Å². The number of carbonyl (C=O) groups is 1. The highest BCUT2D eigenvalue weighted by atomic mass is 35.5. The van der Waals surface area contributed by atoms with Crippen LogP contribution in [0.2, 0.25) is 0 Å². The number of aromatic hydroxyl groups is 1. The Morgan fingerprint density at radius 1 is 1.39 bits per heavy atom. The molecule has 0 aliphatic rings. The molecule has 2 heterocycles. The molecule has 0 amide bonds. The molecule has 0 aliphatic carbocycles. The normalized spacial score (nSPS) is 11.5. The standard InChI is InChI=1S/C19H23N5O5S.ClH/c1-10-15(27-3)7-14(25)12(16(10)18(26)28-4)8-30-9-13(17-22-11(2)24-29-17)23-19-20-5-6-21-19;/h5-7,13,25H,8-9H2,1-4H3,(H2,20,21,23);1H/t13-;/m0./s1. The van der Waals surface area contributed by atoms with E-state index >= 15 is 0 Å². The second-order valence-electron chi connectivity index (χ2n) is 6.40. The van der Waals surface area contributed by atoms with Gasteiger partial charge in [0.05, 0.1) is 19.8 Å². The van der Waals surface area contributed by atoms with Crippen molar-refractivity contribution in [3.63, 3.8) is 0 Å². The smallest absolute Gasteiger partial charge is 0.338 e. The summed E-state index contributed by atoms with van der Waals surface area (Å²) in [6, 6.07) is 1.17. The number of phenolic OH excluding ortho intramolecular Hbond substituents is 1. The third-order valence-electron chi connectivity index (χ3n) is 4.41. The fourth-order valence-electron chi connectivity index (χ4n) is 2.95. The maximum absolute atomic E-state index is 12.4. The molecular formula is C19H24ClN5O5S. The van der Waals surface area contributed by atoms with Crippen molar-refractivity contribution in [3.8, 4) is 11.5 Å². The summed E-state index contributed by atoms with van der Waals surface area (Å²) < 4.78 is 15.5. The summed E-state index contributed by atoms with van der Waals surface area (Å²) in [7, 11) is 2.78. The molecule has 0 radical (unpaired) electrons. The summed E-state index contributed by atoms with van der Waals surface area (Å²) in [6.07, 6.45) is 3.33. The van der Waals surface area contributed by atoms with E-state index in [4.69, 9.17) is 14.0 Å². The number of nitrogens with zero attached hydrogens (tertiary/aromatic N) is 3. The van der Waals surface area contributed by atoms with Crippen molar-refractivity contribution < 1.29 is 23.9 Å². The van der Waals surface area contributed by atoms with Crippen LogP contribution in [-0.4, -0.2) is 51.2 Å². The number of ether oxygens (including phenoxy) is 2. The maximum Gasteiger partial charge on any atom is 0.338 e. The molecule has 1 aromatic carbocycles. The number of anilines is 1. The summed E-state index contributed by atoms with van der Waals surface area (Å²) in [5, 5.41) is 17.5. The number of hydrogen-bond acceptors (Lipinski definition) is 10. The summed E-state index contributed by atoms with van der Waals surface area (Å²) in [5.41, 5.74) is 1.38. The van der Waals surface area contributed by atoms with Gasteiger partial charge in [-0.05, 0) is 13.8 Å². The monoisotopic (exact) mass is 469 g/mol. The molecule has 0 saturated carbocycles. The van der Waals surface area contributed by atoms with Crippen LogP contribution in [0.4, 0.5) is 5.95 Å². The van der Waals surface area contributed by atoms with E-state index in [9.17, 15) is 9.90 Å². The average Bonchev–Trinajstić information content (AvgIpc) is 3.40. The minimum absolute atomic E-state index is 0. The lowest BCUT2D eigenvalue weighted by Crippen LogP contribution is -2.15. The Hall–Kier alpha value is -2.92. The van der Waals surface area contributed by atoms with Crippen molar-refractivity contribution in [1.82, 2.24) is 20.1 Å². The Balaban J connectivity index is 0.00000341. The molecule has 0 saturated heterocycles. The number of nitrogens with one attached hydrogen (secondary N) is 2. The molecule has 0 bridgehead atoms. The molecule has 168 valence electrons. The number of halogens is 1. The van der Waals surface area contributed by atoms with Gasteiger partial charge in [-0.3, -0.25) is 0 Å². The Labute approximate surface area is 189 Å². The first-order chi connectivity index (χ1) is 14.4. The van der Waals surface area contributed by atoms with E-state index in [1.165, 1.54) is 32.0 Å². The largest absolute Gasteiger partial charge is 0.507 e. The lowest BCUT2D eigenvalue weighted by molar-refractivity contribution is 0.0598. The van der Waals surface area contributed by atoms with E-state index in [-0.39, 0.29) is 24.2 Å². The number of phenols is 1. The third kappa shape index (κ3) is 5.61. The number of aryl methyl sites for hydroxylation is 1. The van der Waals surface area contributed by atoms with Crippen LogP contribution in [0.25, 0.3) is 0 Å². The number of aromatic amines is 1. The number of thioether (sulfide) groups is 1. The van der Waals surface area contributed by atoms with Gasteiger partial charge in [0.15, 0.2) is 5.82 Å². The van der Waals surface area contributed by atoms with Crippen LogP contribution in [0.15, 0.2) is 23.0 Å². The van der Waals surface area contributed by atoms with E-state index in [0.717, 1.165) is 0 Å². The summed E-state index contributed by atoms with van der Waals surface area (Å²) in [6.45, 7) is 3.49. The highest BCUT2D eigenvalue weighted by molar-refractivity contribution is 7.98. The number of carbonyl (C=O) groups excluding carboxylic acids is 1. The molecule has 31 heavy (non-hydrogen) atoms. The summed E-state index contributed by atoms with van der Waals surface area (Å²) >= 11 is 1.48. The van der Waals surface area contributed by atoms with E-state index in [2.05, 4.69) is 25.4 Å². The van der Waals surface area contributed by atoms with Crippen LogP contribution in [0.1, 0.15) is 39.2 Å². The van der Waals surface area contributed by atoms with Gasteiger partial charge in [-0.15, -0.1) is 12.4 Å². The highest BCUT2D eigenvalue weighted by Crippen LogP contribution is 2.36. The van der Waals surface area contributed by atoms with Crippen molar-refractivity contribution in [3.05, 3.63) is 46.9 Å². The Bertz CT molecular complexity index is 1010. The second-order valence-corrected chi connectivity index (χ2v) is 7.43. The van der Waals surface area contributed by atoms with Crippen molar-refractivity contribution in [1.29, 1.82) is 0 Å². The van der Waals surface area contributed by atoms with Crippen LogP contribution in [0, 0.1) is 13.8 Å². The molecule has 3 aromatic rings. The van der Waals surface area contributed by atoms with Gasteiger partial charge in [-0.2, -0.15) is 16.7 Å². The van der Waals surface area contributed by atoms with Gasteiger partial charge in [-0.25, -0.2) is 9.78 Å². The average molecular weight is 470 g/mol. The van der Waals surface area contributed by atoms with Gasteiger partial charge in [0.25, 0.3) is 0 Å². The molecule has 12 heteroatoms. The van der Waals surface area contributed by atoms with Gasteiger partial charge < -0.3 is 29.4 Å². The molecule has 3 rings (SSSR count). The summed E-state index contributed by atoms with van der Waals surface area (Å²) in [5.74, 6) is 2.22. The topological polar surface area (TPSA) is 135 Å². The van der Waals surface area contributed by atoms with Crippen LogP contribution in [0.3, 0.4) is 0 Å². The zero-order chi connectivity index (χ0) is 21.7. The lowest BCUT2D eigenvalue weighted by Gasteiger charge is -2.17. The SMILES string of the molecule is COC(=O)c1c(C)c(OC)cc(O)c1CSC[C@H](Nc1ncc[nH]1)c1nc(C)no1.Cl. The maximum atomic E-state index is 12.4. The van der Waals surface area contributed by atoms with Crippen molar-refractivity contribution in [2.75, 3.05) is 25.3 Å². The van der Waals surface area contributed by atoms with Gasteiger partial charge >= 0.3 is 5.97 Å². The molecule has 3 N–H and O–H groups in total. The van der Waals surface area contributed by atoms with Gasteiger partial charge in [0.2, 0.25) is 11.8 Å². The number of benzene rings is 1. The van der Waals surface area contributed by atoms with Crippen LogP contribution >= 0.6 is 24.2 Å². The lowest BCUT2D eigenvalue weighted by atomic mass is 10.0. The first-order valence-electron chi connectivity index (χ1n) is 9.06. The number of esters is 1. The third-order valence-corrected chi connectivity index (χ3v) is 5.48. The molecule has 0 aliphatic heterocycles. The Morgan fingerprint density at radius 2 is 2.16 bits per heavy atom. The number of methoxy groups -OCH3 is 2. The predicted molar refractivity (Wildman–Crippen MR) is 118 cm³/mol. The number of imidazole rings is 1. The molecular weight excluding hydrogens is 446 g/mol. The summed E-state index contributed by atoms with van der Waals surface area (Å²) in [4.78, 5) is 23.8. The minimum atomic E-state index is -0.532. The first-order valence-corrected chi connectivity index (χ1v) is 10.2. The zero-order valence-corrected chi connectivity index (χ0v) is 19.1. The first kappa shape index (κ1) is 24.4. The molecule has 1 atom stereocenters. The number of aromatic nitrogens is 4.